The van der Waals surface area contributed by atoms with Crippen molar-refractivity contribution in [2.75, 3.05) is 13.2 Å². The summed E-state index contributed by atoms with van der Waals surface area (Å²) in [7, 11) is 0. The molecule has 0 aliphatic carbocycles. The van der Waals surface area contributed by atoms with E-state index in [1.807, 2.05) is 60.7 Å². The number of carbonyl (C=O) groups excluding carboxylic acids is 2. The van der Waals surface area contributed by atoms with E-state index in [9.17, 15) is 9.59 Å². The van der Waals surface area contributed by atoms with Crippen LogP contribution in [-0.2, 0) is 27.3 Å². The van der Waals surface area contributed by atoms with Gasteiger partial charge in [0.2, 0.25) is 5.91 Å². The molecular formula is C23H27NO4. The van der Waals surface area contributed by atoms with Crippen LogP contribution in [0.25, 0.3) is 0 Å². The van der Waals surface area contributed by atoms with Crippen LogP contribution in [-0.4, -0.2) is 36.2 Å². The van der Waals surface area contributed by atoms with Crippen LogP contribution in [0, 0.1) is 0 Å². The molecule has 2 aromatic rings. The molecule has 0 N–H and O–H groups in total. The molecule has 1 saturated heterocycles. The van der Waals surface area contributed by atoms with E-state index in [2.05, 4.69) is 0 Å². The molecule has 1 atom stereocenters. The van der Waals surface area contributed by atoms with Crippen LogP contribution >= 0.6 is 0 Å². The van der Waals surface area contributed by atoms with E-state index in [0.717, 1.165) is 30.4 Å². The van der Waals surface area contributed by atoms with E-state index in [0.29, 0.717) is 26.1 Å². The fourth-order valence-electron chi connectivity index (χ4n) is 3.34. The minimum absolute atomic E-state index is 0.145. The lowest BCUT2D eigenvalue weighted by Gasteiger charge is -2.19. The molecule has 1 aliphatic heterocycles. The van der Waals surface area contributed by atoms with Gasteiger partial charge in [-0.3, -0.25) is 4.79 Å². The maximum absolute atomic E-state index is 12.5. The van der Waals surface area contributed by atoms with E-state index in [1.165, 1.54) is 4.90 Å². The summed E-state index contributed by atoms with van der Waals surface area (Å²) in [4.78, 5) is 25.8. The number of nitrogens with zero attached hydrogens (tertiary/aromatic N) is 1. The average Bonchev–Trinajstić information content (AvgIpc) is 3.08. The van der Waals surface area contributed by atoms with Crippen molar-refractivity contribution in [3.05, 3.63) is 71.8 Å². The Bertz CT molecular complexity index is 748. The fourth-order valence-corrected chi connectivity index (χ4v) is 3.34. The molecule has 2 aromatic carbocycles. The van der Waals surface area contributed by atoms with Gasteiger partial charge in [0.1, 0.15) is 6.61 Å². The van der Waals surface area contributed by atoms with Crippen molar-refractivity contribution in [1.82, 2.24) is 4.90 Å². The van der Waals surface area contributed by atoms with Crippen LogP contribution in [0.1, 0.15) is 36.8 Å². The highest BCUT2D eigenvalue weighted by Crippen LogP contribution is 2.19. The zero-order valence-electron chi connectivity index (χ0n) is 16.1. The fraction of sp³-hybridized carbons (Fsp3) is 0.391. The number of hydrogen-bond acceptors (Lipinski definition) is 4. The van der Waals surface area contributed by atoms with E-state index in [1.54, 1.807) is 0 Å². The molecule has 5 heteroatoms. The van der Waals surface area contributed by atoms with Crippen molar-refractivity contribution < 1.29 is 19.1 Å². The van der Waals surface area contributed by atoms with Gasteiger partial charge in [-0.2, -0.15) is 0 Å². The third-order valence-corrected chi connectivity index (χ3v) is 4.83. The summed E-state index contributed by atoms with van der Waals surface area (Å²) in [6, 6.07) is 19.7. The predicted molar refractivity (Wildman–Crippen MR) is 107 cm³/mol. The Labute approximate surface area is 166 Å². The smallest absolute Gasteiger partial charge is 0.416 e. The zero-order chi connectivity index (χ0) is 19.6. The van der Waals surface area contributed by atoms with Gasteiger partial charge in [0.25, 0.3) is 0 Å². The molecule has 3 rings (SSSR count). The van der Waals surface area contributed by atoms with Gasteiger partial charge in [-0.05, 0) is 30.4 Å². The largest absolute Gasteiger partial charge is 0.447 e. The highest BCUT2D eigenvalue weighted by molar-refractivity contribution is 5.93. The van der Waals surface area contributed by atoms with E-state index < -0.39 is 6.09 Å². The first-order chi connectivity index (χ1) is 13.7. The summed E-state index contributed by atoms with van der Waals surface area (Å²) in [5, 5.41) is 0. The van der Waals surface area contributed by atoms with Crippen molar-refractivity contribution in [1.29, 1.82) is 0 Å². The topological polar surface area (TPSA) is 55.8 Å². The second-order valence-electron chi connectivity index (χ2n) is 7.03. The summed E-state index contributed by atoms with van der Waals surface area (Å²) in [6.45, 7) is 1.55. The Morgan fingerprint density at radius 2 is 1.64 bits per heavy atom. The average molecular weight is 381 g/mol. The molecule has 0 spiro atoms. The minimum Gasteiger partial charge on any atom is -0.447 e. The van der Waals surface area contributed by atoms with Crippen LogP contribution < -0.4 is 0 Å². The molecule has 28 heavy (non-hydrogen) atoms. The SMILES string of the molecule is O=C(CCCCCOCc1ccccc1)N1C(=O)OC[C@H]1Cc1ccccc1. The summed E-state index contributed by atoms with van der Waals surface area (Å²) >= 11 is 0. The number of rotatable bonds is 10. The lowest BCUT2D eigenvalue weighted by atomic mass is 10.1. The third-order valence-electron chi connectivity index (χ3n) is 4.83. The van der Waals surface area contributed by atoms with E-state index in [4.69, 9.17) is 9.47 Å². The Hall–Kier alpha value is -2.66. The molecule has 1 fully saturated rings. The molecule has 0 aromatic heterocycles. The number of cyclic esters (lactones) is 1. The van der Waals surface area contributed by atoms with Gasteiger partial charge in [-0.15, -0.1) is 0 Å². The number of amides is 2. The Morgan fingerprint density at radius 1 is 0.964 bits per heavy atom. The lowest BCUT2D eigenvalue weighted by molar-refractivity contribution is -0.129. The monoisotopic (exact) mass is 381 g/mol. The molecule has 0 unspecified atom stereocenters. The second-order valence-corrected chi connectivity index (χ2v) is 7.03. The Morgan fingerprint density at radius 3 is 2.36 bits per heavy atom. The number of imide groups is 1. The molecule has 148 valence electrons. The maximum atomic E-state index is 12.5. The van der Waals surface area contributed by atoms with E-state index in [-0.39, 0.29) is 18.6 Å². The van der Waals surface area contributed by atoms with Crippen molar-refractivity contribution in [3.8, 4) is 0 Å². The van der Waals surface area contributed by atoms with Crippen molar-refractivity contribution in [2.24, 2.45) is 0 Å². The highest BCUT2D eigenvalue weighted by atomic mass is 16.6. The third kappa shape index (κ3) is 5.92. The Kier molecular flexibility index (Phi) is 7.62. The minimum atomic E-state index is -0.517. The summed E-state index contributed by atoms with van der Waals surface area (Å²) in [6.07, 6.45) is 3.02. The number of ether oxygens (including phenoxy) is 2. The number of unbranched alkanes of at least 4 members (excludes halogenated alkanes) is 2. The molecule has 1 aliphatic rings. The molecule has 0 saturated carbocycles. The molecule has 1 heterocycles. The molecule has 0 bridgehead atoms. The molecule has 0 radical (unpaired) electrons. The first kappa shape index (κ1) is 20.1. The van der Waals surface area contributed by atoms with Crippen LogP contribution in [0.3, 0.4) is 0 Å². The first-order valence-corrected chi connectivity index (χ1v) is 9.88. The number of carbonyl (C=O) groups is 2. The van der Waals surface area contributed by atoms with Gasteiger partial charge in [0.05, 0.1) is 12.6 Å². The maximum Gasteiger partial charge on any atom is 0.416 e. The summed E-state index contributed by atoms with van der Waals surface area (Å²) in [5.41, 5.74) is 2.26. The molecule has 2 amide bonds. The van der Waals surface area contributed by atoms with Gasteiger partial charge >= 0.3 is 6.09 Å². The number of benzene rings is 2. The van der Waals surface area contributed by atoms with Crippen LogP contribution in [0.4, 0.5) is 4.79 Å². The van der Waals surface area contributed by atoms with Crippen molar-refractivity contribution >= 4 is 12.0 Å². The number of hydrogen-bond donors (Lipinski definition) is 0. The first-order valence-electron chi connectivity index (χ1n) is 9.88. The molecule has 5 nitrogen and oxygen atoms in total. The van der Waals surface area contributed by atoms with Gasteiger partial charge in [0, 0.05) is 13.0 Å². The van der Waals surface area contributed by atoms with Crippen LogP contribution in [0.15, 0.2) is 60.7 Å². The van der Waals surface area contributed by atoms with Gasteiger partial charge in [0.15, 0.2) is 0 Å². The summed E-state index contributed by atoms with van der Waals surface area (Å²) < 4.78 is 10.8. The van der Waals surface area contributed by atoms with Gasteiger partial charge in [-0.25, -0.2) is 9.69 Å². The van der Waals surface area contributed by atoms with Crippen molar-refractivity contribution in [3.63, 3.8) is 0 Å². The summed E-state index contributed by atoms with van der Waals surface area (Å²) in [5.74, 6) is -0.145. The standard InChI is InChI=1S/C23H27NO4/c25-22(14-8-3-9-15-27-17-20-12-6-2-7-13-20)24-21(18-28-23(24)26)16-19-10-4-1-5-11-19/h1-2,4-7,10-13,21H,3,8-9,14-18H2/t21-/m1/s1. The predicted octanol–water partition coefficient (Wildman–Crippen LogP) is 4.35. The Balaban J connectivity index is 1.34. The highest BCUT2D eigenvalue weighted by Gasteiger charge is 2.37. The van der Waals surface area contributed by atoms with Crippen LogP contribution in [0.5, 0.6) is 0 Å². The van der Waals surface area contributed by atoms with Crippen molar-refractivity contribution in [2.45, 2.75) is 44.8 Å². The molecular weight excluding hydrogens is 354 g/mol. The van der Waals surface area contributed by atoms with Gasteiger partial charge < -0.3 is 9.47 Å². The van der Waals surface area contributed by atoms with Gasteiger partial charge in [-0.1, -0.05) is 67.1 Å². The van der Waals surface area contributed by atoms with E-state index >= 15 is 0 Å². The normalized spacial score (nSPS) is 16.2. The van der Waals surface area contributed by atoms with Crippen LogP contribution in [0.2, 0.25) is 0 Å². The second kappa shape index (κ2) is 10.6. The lowest BCUT2D eigenvalue weighted by Crippen LogP contribution is -2.40. The quantitative estimate of drug-likeness (QED) is 0.574. The zero-order valence-corrected chi connectivity index (χ0v) is 16.1.